The molecule has 1 fully saturated rings. The molecule has 1 saturated heterocycles. The molecule has 146 valence electrons. The fourth-order valence-electron chi connectivity index (χ4n) is 3.31. The third kappa shape index (κ3) is 4.02. The molecule has 0 unspecified atom stereocenters. The number of halogens is 1. The SMILES string of the molecule is NC1(OC(=O)NCc2ccc(Cl)cc2)CCN(c2ncnc3[nH]ccc23)CC1. The van der Waals surface area contributed by atoms with Gasteiger partial charge >= 0.3 is 6.09 Å². The number of H-pyrrole nitrogens is 1. The Kier molecular flexibility index (Phi) is 5.06. The summed E-state index contributed by atoms with van der Waals surface area (Å²) in [5, 5.41) is 4.35. The molecule has 1 amide bonds. The molecule has 0 atom stereocenters. The molecular formula is C19H21ClN6O2. The molecule has 3 aromatic rings. The first-order chi connectivity index (χ1) is 13.5. The van der Waals surface area contributed by atoms with E-state index in [4.69, 9.17) is 22.1 Å². The third-order valence-corrected chi connectivity index (χ3v) is 5.14. The van der Waals surface area contributed by atoms with Crippen LogP contribution in [0.15, 0.2) is 42.9 Å². The number of nitrogens with two attached hydrogens (primary N) is 1. The molecule has 2 aromatic heterocycles. The van der Waals surface area contributed by atoms with Crippen molar-refractivity contribution in [3.63, 3.8) is 0 Å². The largest absolute Gasteiger partial charge is 0.428 e. The molecule has 0 spiro atoms. The summed E-state index contributed by atoms with van der Waals surface area (Å²) >= 11 is 5.86. The zero-order valence-electron chi connectivity index (χ0n) is 15.2. The number of hydrogen-bond donors (Lipinski definition) is 3. The highest BCUT2D eigenvalue weighted by molar-refractivity contribution is 6.30. The molecule has 4 rings (SSSR count). The van der Waals surface area contributed by atoms with E-state index >= 15 is 0 Å². The fraction of sp³-hybridized carbons (Fsp3) is 0.316. The summed E-state index contributed by atoms with van der Waals surface area (Å²) < 4.78 is 5.52. The second-order valence-corrected chi connectivity index (χ2v) is 7.30. The zero-order valence-corrected chi connectivity index (χ0v) is 15.9. The highest BCUT2D eigenvalue weighted by Gasteiger charge is 2.35. The minimum atomic E-state index is -0.995. The van der Waals surface area contributed by atoms with Gasteiger partial charge in [0.25, 0.3) is 0 Å². The Morgan fingerprint density at radius 1 is 1.25 bits per heavy atom. The van der Waals surface area contributed by atoms with Crippen LogP contribution in [-0.4, -0.2) is 39.9 Å². The van der Waals surface area contributed by atoms with Crippen LogP contribution in [0.3, 0.4) is 0 Å². The number of piperidine rings is 1. The molecule has 0 saturated carbocycles. The lowest BCUT2D eigenvalue weighted by molar-refractivity contribution is -0.00270. The number of benzene rings is 1. The van der Waals surface area contributed by atoms with Crippen LogP contribution in [0.5, 0.6) is 0 Å². The Hall–Kier alpha value is -2.84. The molecule has 9 heteroatoms. The second-order valence-electron chi connectivity index (χ2n) is 6.86. The number of amides is 1. The minimum absolute atomic E-state index is 0.352. The van der Waals surface area contributed by atoms with Crippen molar-refractivity contribution in [2.24, 2.45) is 5.73 Å². The lowest BCUT2D eigenvalue weighted by Gasteiger charge is -2.38. The Morgan fingerprint density at radius 3 is 2.75 bits per heavy atom. The number of ether oxygens (including phenoxy) is 1. The van der Waals surface area contributed by atoms with Gasteiger partial charge in [0, 0.05) is 43.7 Å². The van der Waals surface area contributed by atoms with Crippen molar-refractivity contribution in [2.45, 2.75) is 25.1 Å². The summed E-state index contributed by atoms with van der Waals surface area (Å²) in [5.41, 5.74) is 7.05. The Balaban J connectivity index is 1.32. The summed E-state index contributed by atoms with van der Waals surface area (Å²) in [6.07, 6.45) is 3.88. The van der Waals surface area contributed by atoms with Gasteiger partial charge in [-0.3, -0.25) is 5.73 Å². The number of alkyl carbamates (subject to hydrolysis) is 1. The molecule has 0 radical (unpaired) electrons. The van der Waals surface area contributed by atoms with Gasteiger partial charge in [-0.2, -0.15) is 0 Å². The van der Waals surface area contributed by atoms with Gasteiger partial charge in [-0.15, -0.1) is 0 Å². The molecule has 1 aromatic carbocycles. The number of fused-ring (bicyclic) bond motifs is 1. The summed E-state index contributed by atoms with van der Waals surface area (Å²) in [7, 11) is 0. The Bertz CT molecular complexity index is 966. The number of nitrogens with zero attached hydrogens (tertiary/aromatic N) is 3. The normalized spacial score (nSPS) is 16.1. The number of hydrogen-bond acceptors (Lipinski definition) is 6. The topological polar surface area (TPSA) is 109 Å². The van der Waals surface area contributed by atoms with Crippen LogP contribution in [0.2, 0.25) is 5.02 Å². The average molecular weight is 401 g/mol. The summed E-state index contributed by atoms with van der Waals surface area (Å²) in [6.45, 7) is 1.63. The van der Waals surface area contributed by atoms with E-state index in [0.717, 1.165) is 22.4 Å². The second kappa shape index (κ2) is 7.65. The predicted octanol–water partition coefficient (Wildman–Crippen LogP) is 2.79. The molecule has 0 aliphatic carbocycles. The molecule has 1 aliphatic rings. The van der Waals surface area contributed by atoms with E-state index in [9.17, 15) is 4.79 Å². The van der Waals surface area contributed by atoms with Crippen LogP contribution in [0.25, 0.3) is 11.0 Å². The number of carbonyl (C=O) groups excluding carboxylic acids is 1. The van der Waals surface area contributed by atoms with Gasteiger partial charge < -0.3 is 19.9 Å². The van der Waals surface area contributed by atoms with E-state index in [0.29, 0.717) is 37.5 Å². The maximum Gasteiger partial charge on any atom is 0.409 e. The Labute approximate surface area is 167 Å². The van der Waals surface area contributed by atoms with E-state index in [2.05, 4.69) is 25.2 Å². The molecule has 1 aliphatic heterocycles. The first-order valence-corrected chi connectivity index (χ1v) is 9.43. The highest BCUT2D eigenvalue weighted by atomic mass is 35.5. The fourth-order valence-corrected chi connectivity index (χ4v) is 3.43. The zero-order chi connectivity index (χ0) is 19.6. The van der Waals surface area contributed by atoms with E-state index in [1.54, 1.807) is 18.5 Å². The van der Waals surface area contributed by atoms with Crippen molar-refractivity contribution in [1.29, 1.82) is 0 Å². The van der Waals surface area contributed by atoms with E-state index < -0.39 is 11.8 Å². The van der Waals surface area contributed by atoms with Crippen LogP contribution < -0.4 is 16.0 Å². The third-order valence-electron chi connectivity index (χ3n) is 4.89. The first kappa shape index (κ1) is 18.5. The number of nitrogens with one attached hydrogen (secondary N) is 2. The molecule has 8 nitrogen and oxygen atoms in total. The maximum absolute atomic E-state index is 12.2. The van der Waals surface area contributed by atoms with E-state index in [1.165, 1.54) is 0 Å². The lowest BCUT2D eigenvalue weighted by Crippen LogP contribution is -2.54. The summed E-state index contributed by atoms with van der Waals surface area (Å²) in [4.78, 5) is 26.0. The van der Waals surface area contributed by atoms with Gasteiger partial charge in [0.05, 0.1) is 5.39 Å². The smallest absolute Gasteiger partial charge is 0.409 e. The number of anilines is 1. The average Bonchev–Trinajstić information content (AvgIpc) is 3.17. The molecule has 28 heavy (non-hydrogen) atoms. The van der Waals surface area contributed by atoms with Crippen molar-refractivity contribution in [3.8, 4) is 0 Å². The molecule has 4 N–H and O–H groups in total. The van der Waals surface area contributed by atoms with Gasteiger partial charge in [0.2, 0.25) is 0 Å². The first-order valence-electron chi connectivity index (χ1n) is 9.06. The van der Waals surface area contributed by atoms with Crippen LogP contribution >= 0.6 is 11.6 Å². The van der Waals surface area contributed by atoms with Crippen molar-refractivity contribution >= 4 is 34.5 Å². The predicted molar refractivity (Wildman–Crippen MR) is 107 cm³/mol. The standard InChI is InChI=1S/C19H21ClN6O2/c20-14-3-1-13(2-4-14)11-23-18(27)28-19(21)6-9-26(10-7-19)17-15-5-8-22-16(15)24-12-25-17/h1-5,8,12H,6-7,9-11,21H2,(H,23,27)(H,22,24,25). The molecular weight excluding hydrogens is 380 g/mol. The van der Waals surface area contributed by atoms with Crippen molar-refractivity contribution in [1.82, 2.24) is 20.3 Å². The van der Waals surface area contributed by atoms with Crippen LogP contribution in [-0.2, 0) is 11.3 Å². The number of rotatable bonds is 4. The quantitative estimate of drug-likeness (QED) is 0.581. The van der Waals surface area contributed by atoms with Crippen LogP contribution in [0.1, 0.15) is 18.4 Å². The van der Waals surface area contributed by atoms with Crippen molar-refractivity contribution in [3.05, 3.63) is 53.4 Å². The van der Waals surface area contributed by atoms with Crippen LogP contribution in [0, 0.1) is 0 Å². The number of aromatic amines is 1. The van der Waals surface area contributed by atoms with Crippen molar-refractivity contribution in [2.75, 3.05) is 18.0 Å². The van der Waals surface area contributed by atoms with Crippen LogP contribution in [0.4, 0.5) is 10.6 Å². The maximum atomic E-state index is 12.2. The minimum Gasteiger partial charge on any atom is -0.428 e. The van der Waals surface area contributed by atoms with Gasteiger partial charge in [0.1, 0.15) is 17.8 Å². The monoisotopic (exact) mass is 400 g/mol. The highest BCUT2D eigenvalue weighted by Crippen LogP contribution is 2.28. The summed E-state index contributed by atoms with van der Waals surface area (Å²) in [6, 6.07) is 9.21. The Morgan fingerprint density at radius 2 is 2.00 bits per heavy atom. The van der Waals surface area contributed by atoms with Gasteiger partial charge in [-0.1, -0.05) is 23.7 Å². The lowest BCUT2D eigenvalue weighted by atomic mass is 10.0. The van der Waals surface area contributed by atoms with Crippen molar-refractivity contribution < 1.29 is 9.53 Å². The number of carbonyl (C=O) groups is 1. The molecule has 0 bridgehead atoms. The van der Waals surface area contributed by atoms with E-state index in [1.807, 2.05) is 24.4 Å². The van der Waals surface area contributed by atoms with E-state index in [-0.39, 0.29) is 0 Å². The van der Waals surface area contributed by atoms with Gasteiger partial charge in [-0.25, -0.2) is 14.8 Å². The number of aromatic nitrogens is 3. The van der Waals surface area contributed by atoms with Gasteiger partial charge in [-0.05, 0) is 23.8 Å². The molecule has 3 heterocycles. The van der Waals surface area contributed by atoms with Gasteiger partial charge in [0.15, 0.2) is 5.72 Å². The summed E-state index contributed by atoms with van der Waals surface area (Å²) in [5.74, 6) is 0.862.